The summed E-state index contributed by atoms with van der Waals surface area (Å²) in [6.07, 6.45) is 6.79. The zero-order chi connectivity index (χ0) is 15.9. The SMILES string of the molecule is CCO[Si](C)(CCCC1CCCCN1[Si](C)(C)C)OCC. The summed E-state index contributed by atoms with van der Waals surface area (Å²) in [6, 6.07) is 1.96. The molecule has 1 aliphatic heterocycles. The molecule has 0 aromatic carbocycles. The van der Waals surface area contributed by atoms with E-state index in [1.54, 1.807) is 0 Å². The van der Waals surface area contributed by atoms with Crippen molar-refractivity contribution in [2.24, 2.45) is 0 Å². The lowest BCUT2D eigenvalue weighted by atomic mass is 10.0. The summed E-state index contributed by atoms with van der Waals surface area (Å²) in [7, 11) is -3.07. The molecule has 0 radical (unpaired) electrons. The molecule has 1 fully saturated rings. The van der Waals surface area contributed by atoms with E-state index in [9.17, 15) is 0 Å². The Bertz CT molecular complexity index is 288. The van der Waals surface area contributed by atoms with Gasteiger partial charge in [0.1, 0.15) is 8.24 Å². The molecular formula is C16H37NO2Si2. The van der Waals surface area contributed by atoms with Crippen LogP contribution >= 0.6 is 0 Å². The smallest absolute Gasteiger partial charge is 0.334 e. The summed E-state index contributed by atoms with van der Waals surface area (Å²) in [5.41, 5.74) is 0. The minimum atomic E-state index is -1.91. The van der Waals surface area contributed by atoms with Gasteiger partial charge in [0.25, 0.3) is 0 Å². The first kappa shape index (κ1) is 19.4. The average Bonchev–Trinajstić information content (AvgIpc) is 2.38. The Hall–Kier alpha value is 0.314. The van der Waals surface area contributed by atoms with Crippen molar-refractivity contribution >= 4 is 16.8 Å². The van der Waals surface area contributed by atoms with E-state index in [-0.39, 0.29) is 0 Å². The van der Waals surface area contributed by atoms with Crippen molar-refractivity contribution in [1.82, 2.24) is 4.57 Å². The van der Waals surface area contributed by atoms with Gasteiger partial charge in [-0.25, -0.2) is 0 Å². The van der Waals surface area contributed by atoms with Gasteiger partial charge in [-0.3, -0.25) is 0 Å². The molecule has 5 heteroatoms. The molecule has 0 aliphatic carbocycles. The van der Waals surface area contributed by atoms with E-state index in [4.69, 9.17) is 8.85 Å². The molecule has 1 unspecified atom stereocenters. The fourth-order valence-corrected chi connectivity index (χ4v) is 8.26. The fourth-order valence-electron chi connectivity index (χ4n) is 3.64. The highest BCUT2D eigenvalue weighted by Crippen LogP contribution is 2.28. The van der Waals surface area contributed by atoms with Crippen LogP contribution in [0.4, 0.5) is 0 Å². The van der Waals surface area contributed by atoms with Crippen LogP contribution in [0.1, 0.15) is 46.0 Å². The molecule has 1 rings (SSSR count). The number of rotatable bonds is 9. The summed E-state index contributed by atoms with van der Waals surface area (Å²) < 4.78 is 14.8. The third-order valence-electron chi connectivity index (χ3n) is 4.56. The molecule has 1 heterocycles. The van der Waals surface area contributed by atoms with Crippen LogP contribution in [-0.4, -0.2) is 47.2 Å². The van der Waals surface area contributed by atoms with Gasteiger partial charge in [-0.05, 0) is 58.7 Å². The highest BCUT2D eigenvalue weighted by Gasteiger charge is 2.34. The fraction of sp³-hybridized carbons (Fsp3) is 1.00. The van der Waals surface area contributed by atoms with Gasteiger partial charge in [0.05, 0.1) is 0 Å². The normalized spacial score (nSPS) is 21.7. The second kappa shape index (κ2) is 8.82. The average molecular weight is 332 g/mol. The largest absolute Gasteiger partial charge is 0.395 e. The van der Waals surface area contributed by atoms with E-state index >= 15 is 0 Å². The molecule has 0 N–H and O–H groups in total. The molecule has 0 bridgehead atoms. The van der Waals surface area contributed by atoms with Crippen molar-refractivity contribution in [1.29, 1.82) is 0 Å². The second-order valence-electron chi connectivity index (χ2n) is 7.41. The van der Waals surface area contributed by atoms with Crippen LogP contribution in [-0.2, 0) is 8.85 Å². The number of hydrogen-bond acceptors (Lipinski definition) is 3. The maximum atomic E-state index is 5.97. The summed E-state index contributed by atoms with van der Waals surface area (Å²) >= 11 is 0. The van der Waals surface area contributed by atoms with Gasteiger partial charge in [-0.1, -0.05) is 26.1 Å². The van der Waals surface area contributed by atoms with Crippen molar-refractivity contribution < 1.29 is 8.85 Å². The first-order valence-electron chi connectivity index (χ1n) is 8.87. The van der Waals surface area contributed by atoms with Gasteiger partial charge in [-0.15, -0.1) is 0 Å². The number of hydrogen-bond donors (Lipinski definition) is 0. The molecule has 0 amide bonds. The number of piperidine rings is 1. The molecule has 1 saturated heterocycles. The molecule has 0 saturated carbocycles. The third-order valence-corrected chi connectivity index (χ3v) is 9.93. The maximum absolute atomic E-state index is 5.97. The van der Waals surface area contributed by atoms with Crippen LogP contribution in [0.2, 0.25) is 32.2 Å². The first-order valence-corrected chi connectivity index (χ1v) is 14.8. The van der Waals surface area contributed by atoms with Gasteiger partial charge in [0, 0.05) is 19.3 Å². The van der Waals surface area contributed by atoms with Crippen molar-refractivity contribution in [2.75, 3.05) is 19.8 Å². The molecular weight excluding hydrogens is 294 g/mol. The van der Waals surface area contributed by atoms with Gasteiger partial charge >= 0.3 is 8.56 Å². The summed E-state index contributed by atoms with van der Waals surface area (Å²) in [4.78, 5) is 0. The zero-order valence-corrected chi connectivity index (χ0v) is 17.2. The van der Waals surface area contributed by atoms with E-state index in [1.165, 1.54) is 38.6 Å². The van der Waals surface area contributed by atoms with E-state index < -0.39 is 16.8 Å². The van der Waals surface area contributed by atoms with Crippen LogP contribution < -0.4 is 0 Å². The Balaban J connectivity index is 2.48. The van der Waals surface area contributed by atoms with Gasteiger partial charge in [-0.2, -0.15) is 0 Å². The quantitative estimate of drug-likeness (QED) is 0.576. The Labute approximate surface area is 134 Å². The lowest BCUT2D eigenvalue weighted by Gasteiger charge is -2.44. The minimum absolute atomic E-state index is 0.785. The van der Waals surface area contributed by atoms with E-state index in [2.05, 4.69) is 44.6 Å². The predicted octanol–water partition coefficient (Wildman–Crippen LogP) is 4.60. The van der Waals surface area contributed by atoms with Crippen molar-refractivity contribution in [3.63, 3.8) is 0 Å². The van der Waals surface area contributed by atoms with Crippen molar-refractivity contribution in [2.45, 2.75) is 84.2 Å². The van der Waals surface area contributed by atoms with Crippen molar-refractivity contribution in [3.8, 4) is 0 Å². The standard InChI is InChI=1S/C16H37NO2Si2/c1-7-18-21(6,19-8-2)15-11-13-16-12-9-10-14-17(16)20(3,4)5/h16H,7-15H2,1-6H3. The highest BCUT2D eigenvalue weighted by atomic mass is 28.4. The van der Waals surface area contributed by atoms with Gasteiger partial charge < -0.3 is 13.4 Å². The van der Waals surface area contributed by atoms with Crippen LogP contribution in [0.25, 0.3) is 0 Å². The molecule has 0 spiro atoms. The summed E-state index contributed by atoms with van der Waals surface area (Å²) in [5.74, 6) is 0. The molecule has 3 nitrogen and oxygen atoms in total. The van der Waals surface area contributed by atoms with E-state index in [0.29, 0.717) is 0 Å². The zero-order valence-electron chi connectivity index (χ0n) is 15.2. The minimum Gasteiger partial charge on any atom is -0.395 e. The van der Waals surface area contributed by atoms with Crippen LogP contribution in [0.5, 0.6) is 0 Å². The first-order chi connectivity index (χ1) is 9.82. The summed E-state index contributed by atoms with van der Waals surface area (Å²) in [5, 5.41) is 0. The molecule has 1 atom stereocenters. The molecule has 1 aliphatic rings. The second-order valence-corrected chi connectivity index (χ2v) is 15.7. The summed E-state index contributed by atoms with van der Waals surface area (Å²) in [6.45, 7) is 16.8. The van der Waals surface area contributed by atoms with Crippen LogP contribution in [0, 0.1) is 0 Å². The predicted molar refractivity (Wildman–Crippen MR) is 96.6 cm³/mol. The third kappa shape index (κ3) is 6.52. The van der Waals surface area contributed by atoms with Gasteiger partial charge in [0.2, 0.25) is 0 Å². The molecule has 126 valence electrons. The lowest BCUT2D eigenvalue weighted by molar-refractivity contribution is 0.184. The van der Waals surface area contributed by atoms with E-state index in [0.717, 1.165) is 25.3 Å². The van der Waals surface area contributed by atoms with Crippen molar-refractivity contribution in [3.05, 3.63) is 0 Å². The van der Waals surface area contributed by atoms with E-state index in [1.807, 2.05) is 0 Å². The molecule has 21 heavy (non-hydrogen) atoms. The monoisotopic (exact) mass is 331 g/mol. The Morgan fingerprint density at radius 3 is 2.14 bits per heavy atom. The molecule has 0 aromatic heterocycles. The Morgan fingerprint density at radius 1 is 1.00 bits per heavy atom. The van der Waals surface area contributed by atoms with Crippen LogP contribution in [0.3, 0.4) is 0 Å². The Morgan fingerprint density at radius 2 is 1.62 bits per heavy atom. The maximum Gasteiger partial charge on any atom is 0.334 e. The van der Waals surface area contributed by atoms with Crippen LogP contribution in [0.15, 0.2) is 0 Å². The lowest BCUT2D eigenvalue weighted by Crippen LogP contribution is -2.54. The highest BCUT2D eigenvalue weighted by molar-refractivity contribution is 6.73. The number of nitrogens with zero attached hydrogens (tertiary/aromatic N) is 1. The van der Waals surface area contributed by atoms with Gasteiger partial charge in [0.15, 0.2) is 0 Å². The molecule has 0 aromatic rings. The Kier molecular flexibility index (Phi) is 8.13. The topological polar surface area (TPSA) is 21.7 Å².